The number of nitrogens with two attached hydrogens (primary N) is 1. The molecule has 3 N–H and O–H groups in total. The van der Waals surface area contributed by atoms with Gasteiger partial charge in [-0.15, -0.1) is 0 Å². The molecule has 5 heteroatoms. The minimum Gasteiger partial charge on any atom is -0.326 e. The van der Waals surface area contributed by atoms with Gasteiger partial charge in [-0.2, -0.15) is 0 Å². The molecule has 0 radical (unpaired) electrons. The van der Waals surface area contributed by atoms with E-state index in [0.717, 1.165) is 11.3 Å². The Kier molecular flexibility index (Phi) is 5.12. The van der Waals surface area contributed by atoms with Gasteiger partial charge >= 0.3 is 0 Å². The number of nitrogens with zero attached hydrogens (tertiary/aromatic N) is 1. The quantitative estimate of drug-likeness (QED) is 0.888. The summed E-state index contributed by atoms with van der Waals surface area (Å²) in [7, 11) is 0. The van der Waals surface area contributed by atoms with Crippen molar-refractivity contribution >= 4 is 11.6 Å². The number of rotatable bonds is 5. The fourth-order valence-electron chi connectivity index (χ4n) is 2.44. The number of carbonyl (C=O) groups is 1. The van der Waals surface area contributed by atoms with Crippen LogP contribution in [0.1, 0.15) is 30.6 Å². The third kappa shape index (κ3) is 3.43. The van der Waals surface area contributed by atoms with E-state index in [9.17, 15) is 9.59 Å². The van der Waals surface area contributed by atoms with Crippen molar-refractivity contribution in [1.82, 2.24) is 4.57 Å². The fourth-order valence-corrected chi connectivity index (χ4v) is 2.44. The molecule has 0 aliphatic heterocycles. The van der Waals surface area contributed by atoms with Gasteiger partial charge in [-0.25, -0.2) is 0 Å². The molecule has 0 fully saturated rings. The van der Waals surface area contributed by atoms with Crippen molar-refractivity contribution in [3.8, 4) is 0 Å². The SMILES string of the molecule is CCC(C(=O)Nc1ccc(CN)cc1)n1c(C)cccc1=O. The van der Waals surface area contributed by atoms with Crippen LogP contribution in [0.2, 0.25) is 0 Å². The van der Waals surface area contributed by atoms with Gasteiger partial charge in [-0.1, -0.05) is 25.1 Å². The Hall–Kier alpha value is -2.40. The highest BCUT2D eigenvalue weighted by Gasteiger charge is 2.20. The van der Waals surface area contributed by atoms with Crippen LogP contribution in [0.3, 0.4) is 0 Å². The maximum Gasteiger partial charge on any atom is 0.251 e. The lowest BCUT2D eigenvalue weighted by molar-refractivity contribution is -0.119. The van der Waals surface area contributed by atoms with E-state index in [-0.39, 0.29) is 11.5 Å². The Bertz CT molecular complexity index is 705. The second-order valence-electron chi connectivity index (χ2n) is 5.19. The van der Waals surface area contributed by atoms with Gasteiger partial charge in [0.25, 0.3) is 5.56 Å². The Morgan fingerprint density at radius 2 is 1.91 bits per heavy atom. The molecule has 0 saturated heterocycles. The summed E-state index contributed by atoms with van der Waals surface area (Å²) in [5.41, 5.74) is 7.86. The number of carbonyl (C=O) groups excluding carboxylic acids is 1. The molecule has 0 aliphatic rings. The highest BCUT2D eigenvalue weighted by Crippen LogP contribution is 2.16. The van der Waals surface area contributed by atoms with Crippen LogP contribution in [0.25, 0.3) is 0 Å². The average Bonchev–Trinajstić information content (AvgIpc) is 2.51. The first kappa shape index (κ1) is 16.0. The van der Waals surface area contributed by atoms with Crippen molar-refractivity contribution in [2.45, 2.75) is 32.9 Å². The molecule has 0 bridgehead atoms. The van der Waals surface area contributed by atoms with Crippen LogP contribution < -0.4 is 16.6 Å². The summed E-state index contributed by atoms with van der Waals surface area (Å²) in [5.74, 6) is -0.195. The number of amides is 1. The van der Waals surface area contributed by atoms with Gasteiger partial charge < -0.3 is 15.6 Å². The highest BCUT2D eigenvalue weighted by atomic mass is 16.2. The zero-order chi connectivity index (χ0) is 16.1. The predicted molar refractivity (Wildman–Crippen MR) is 87.7 cm³/mol. The maximum absolute atomic E-state index is 12.5. The van der Waals surface area contributed by atoms with Gasteiger partial charge in [0.15, 0.2) is 0 Å². The van der Waals surface area contributed by atoms with Crippen LogP contribution in [0, 0.1) is 6.92 Å². The van der Waals surface area contributed by atoms with E-state index in [1.165, 1.54) is 10.6 Å². The van der Waals surface area contributed by atoms with Crippen LogP contribution in [-0.2, 0) is 11.3 Å². The largest absolute Gasteiger partial charge is 0.326 e. The molecule has 1 amide bonds. The van der Waals surface area contributed by atoms with Crippen molar-refractivity contribution in [1.29, 1.82) is 0 Å². The number of aryl methyl sites for hydroxylation is 1. The lowest BCUT2D eigenvalue weighted by atomic mass is 10.1. The van der Waals surface area contributed by atoms with Gasteiger partial charge in [0, 0.05) is 24.0 Å². The molecule has 1 aromatic carbocycles. The van der Waals surface area contributed by atoms with E-state index in [2.05, 4.69) is 5.32 Å². The van der Waals surface area contributed by atoms with Gasteiger partial charge in [0.05, 0.1) is 0 Å². The number of benzene rings is 1. The molecule has 2 rings (SSSR count). The van der Waals surface area contributed by atoms with E-state index >= 15 is 0 Å². The molecule has 116 valence electrons. The number of hydrogen-bond acceptors (Lipinski definition) is 3. The summed E-state index contributed by atoms with van der Waals surface area (Å²) in [6.07, 6.45) is 0.539. The Morgan fingerprint density at radius 3 is 2.45 bits per heavy atom. The summed E-state index contributed by atoms with van der Waals surface area (Å²) in [6.45, 7) is 4.18. The van der Waals surface area contributed by atoms with Gasteiger partial charge in [0.2, 0.25) is 5.91 Å². The zero-order valence-electron chi connectivity index (χ0n) is 12.9. The average molecular weight is 299 g/mol. The Balaban J connectivity index is 2.23. The molecule has 2 aromatic rings. The number of nitrogens with one attached hydrogen (secondary N) is 1. The molecule has 1 unspecified atom stereocenters. The van der Waals surface area contributed by atoms with Crippen molar-refractivity contribution in [2.24, 2.45) is 5.73 Å². The number of pyridine rings is 1. The first-order valence-corrected chi connectivity index (χ1v) is 7.34. The summed E-state index contributed by atoms with van der Waals surface area (Å²) >= 11 is 0. The van der Waals surface area contributed by atoms with Crippen molar-refractivity contribution in [3.05, 3.63) is 64.1 Å². The predicted octanol–water partition coefficient (Wildman–Crippen LogP) is 2.21. The smallest absolute Gasteiger partial charge is 0.251 e. The topological polar surface area (TPSA) is 77.1 Å². The monoisotopic (exact) mass is 299 g/mol. The normalized spacial score (nSPS) is 12.0. The Labute approximate surface area is 129 Å². The van der Waals surface area contributed by atoms with Crippen molar-refractivity contribution < 1.29 is 4.79 Å². The molecule has 22 heavy (non-hydrogen) atoms. The molecule has 1 atom stereocenters. The lowest BCUT2D eigenvalue weighted by Gasteiger charge is -2.20. The first-order chi connectivity index (χ1) is 10.6. The van der Waals surface area contributed by atoms with Crippen molar-refractivity contribution in [2.75, 3.05) is 5.32 Å². The van der Waals surface area contributed by atoms with Gasteiger partial charge in [0.1, 0.15) is 6.04 Å². The third-order valence-corrected chi connectivity index (χ3v) is 3.65. The van der Waals surface area contributed by atoms with E-state index < -0.39 is 6.04 Å². The number of anilines is 1. The zero-order valence-corrected chi connectivity index (χ0v) is 12.9. The highest BCUT2D eigenvalue weighted by molar-refractivity contribution is 5.93. The van der Waals surface area contributed by atoms with Crippen LogP contribution in [0.15, 0.2) is 47.3 Å². The Morgan fingerprint density at radius 1 is 1.23 bits per heavy atom. The molecule has 0 spiro atoms. The second-order valence-corrected chi connectivity index (χ2v) is 5.19. The van der Waals surface area contributed by atoms with Crippen LogP contribution in [0.4, 0.5) is 5.69 Å². The molecule has 5 nitrogen and oxygen atoms in total. The summed E-state index contributed by atoms with van der Waals surface area (Å²) < 4.78 is 1.53. The molecule has 1 heterocycles. The van der Waals surface area contributed by atoms with Gasteiger partial charge in [-0.3, -0.25) is 9.59 Å². The standard InChI is InChI=1S/C17H21N3O2/c1-3-15(20-12(2)5-4-6-16(20)21)17(22)19-14-9-7-13(11-18)8-10-14/h4-10,15H,3,11,18H2,1-2H3,(H,19,22). The third-order valence-electron chi connectivity index (χ3n) is 3.65. The second kappa shape index (κ2) is 7.04. The number of hydrogen-bond donors (Lipinski definition) is 2. The summed E-state index contributed by atoms with van der Waals surface area (Å²) in [6, 6.07) is 11.8. The molecule has 1 aromatic heterocycles. The number of aromatic nitrogens is 1. The molecule has 0 saturated carbocycles. The summed E-state index contributed by atoms with van der Waals surface area (Å²) in [5, 5.41) is 2.86. The summed E-state index contributed by atoms with van der Waals surface area (Å²) in [4.78, 5) is 24.6. The molecule has 0 aliphatic carbocycles. The van der Waals surface area contributed by atoms with Crippen molar-refractivity contribution in [3.63, 3.8) is 0 Å². The van der Waals surface area contributed by atoms with E-state index in [1.807, 2.05) is 44.2 Å². The van der Waals surface area contributed by atoms with E-state index in [4.69, 9.17) is 5.73 Å². The molecular formula is C17H21N3O2. The van der Waals surface area contributed by atoms with Crippen LogP contribution >= 0.6 is 0 Å². The van der Waals surface area contributed by atoms with Gasteiger partial charge in [-0.05, 0) is 37.1 Å². The fraction of sp³-hybridized carbons (Fsp3) is 0.294. The minimum atomic E-state index is -0.525. The molecular weight excluding hydrogens is 278 g/mol. The van der Waals surface area contributed by atoms with Crippen LogP contribution in [0.5, 0.6) is 0 Å². The lowest BCUT2D eigenvalue weighted by Crippen LogP contribution is -2.33. The van der Waals surface area contributed by atoms with E-state index in [1.54, 1.807) is 6.07 Å². The minimum absolute atomic E-state index is 0.166. The maximum atomic E-state index is 12.5. The van der Waals surface area contributed by atoms with E-state index in [0.29, 0.717) is 18.7 Å². The van der Waals surface area contributed by atoms with Crippen LogP contribution in [-0.4, -0.2) is 10.5 Å². The first-order valence-electron chi connectivity index (χ1n) is 7.34.